The van der Waals surface area contributed by atoms with E-state index in [9.17, 15) is 0 Å². The van der Waals surface area contributed by atoms with Crippen molar-refractivity contribution in [3.8, 4) is 0 Å². The van der Waals surface area contributed by atoms with Gasteiger partial charge in [0, 0.05) is 12.4 Å². The van der Waals surface area contributed by atoms with Crippen molar-refractivity contribution in [1.82, 2.24) is 15.0 Å². The summed E-state index contributed by atoms with van der Waals surface area (Å²) < 4.78 is 0. The lowest BCUT2D eigenvalue weighted by atomic mass is 10.0. The fourth-order valence-corrected chi connectivity index (χ4v) is 2.15. The molecule has 12 heavy (non-hydrogen) atoms. The Morgan fingerprint density at radius 1 is 1.67 bits per heavy atom. The highest BCUT2D eigenvalue weighted by Crippen LogP contribution is 2.49. The summed E-state index contributed by atoms with van der Waals surface area (Å²) in [6, 6.07) is 0. The standard InChI is InChI=1S/C8H12BrN3/c1-12-10-5-7(11-12)4-8(6-9)2-3-8/h5H,2-4,6H2,1H3. The summed E-state index contributed by atoms with van der Waals surface area (Å²) in [7, 11) is 1.86. The van der Waals surface area contributed by atoms with Crippen molar-refractivity contribution >= 4 is 15.9 Å². The molecular formula is C8H12BrN3. The van der Waals surface area contributed by atoms with Gasteiger partial charge in [-0.3, -0.25) is 0 Å². The molecule has 1 aliphatic carbocycles. The molecule has 66 valence electrons. The minimum Gasteiger partial charge on any atom is -0.188 e. The Balaban J connectivity index is 2.04. The van der Waals surface area contributed by atoms with E-state index in [1.165, 1.54) is 12.8 Å². The lowest BCUT2D eigenvalue weighted by Crippen LogP contribution is -2.07. The van der Waals surface area contributed by atoms with Crippen molar-refractivity contribution in [2.45, 2.75) is 19.3 Å². The Morgan fingerprint density at radius 2 is 2.42 bits per heavy atom. The van der Waals surface area contributed by atoms with E-state index >= 15 is 0 Å². The molecule has 0 aromatic carbocycles. The van der Waals surface area contributed by atoms with Gasteiger partial charge in [-0.25, -0.2) is 0 Å². The van der Waals surface area contributed by atoms with Gasteiger partial charge in [-0.1, -0.05) is 15.9 Å². The molecule has 0 amide bonds. The van der Waals surface area contributed by atoms with Crippen molar-refractivity contribution in [2.75, 3.05) is 5.33 Å². The number of aromatic nitrogens is 3. The summed E-state index contributed by atoms with van der Waals surface area (Å²) in [6.07, 6.45) is 5.60. The van der Waals surface area contributed by atoms with Crippen molar-refractivity contribution in [3.05, 3.63) is 11.9 Å². The average Bonchev–Trinajstić information content (AvgIpc) is 2.71. The summed E-state index contributed by atoms with van der Waals surface area (Å²) in [5.74, 6) is 0. The first-order valence-corrected chi connectivity index (χ1v) is 5.27. The average molecular weight is 230 g/mol. The highest BCUT2D eigenvalue weighted by molar-refractivity contribution is 9.09. The molecule has 0 unspecified atom stereocenters. The van der Waals surface area contributed by atoms with Gasteiger partial charge in [0.1, 0.15) is 0 Å². The van der Waals surface area contributed by atoms with E-state index in [-0.39, 0.29) is 0 Å². The molecule has 0 atom stereocenters. The van der Waals surface area contributed by atoms with Crippen LogP contribution < -0.4 is 0 Å². The number of hydrogen-bond donors (Lipinski definition) is 0. The van der Waals surface area contributed by atoms with Crippen molar-refractivity contribution < 1.29 is 0 Å². The van der Waals surface area contributed by atoms with Crippen LogP contribution in [0.1, 0.15) is 18.5 Å². The maximum atomic E-state index is 4.27. The van der Waals surface area contributed by atoms with Crippen LogP contribution in [0, 0.1) is 5.41 Å². The molecule has 2 rings (SSSR count). The highest BCUT2D eigenvalue weighted by Gasteiger charge is 2.41. The van der Waals surface area contributed by atoms with E-state index < -0.39 is 0 Å². The Kier molecular flexibility index (Phi) is 1.94. The number of halogens is 1. The lowest BCUT2D eigenvalue weighted by molar-refractivity contribution is 0.563. The van der Waals surface area contributed by atoms with Crippen molar-refractivity contribution in [2.24, 2.45) is 12.5 Å². The molecule has 1 aromatic heterocycles. The van der Waals surface area contributed by atoms with Crippen molar-refractivity contribution in [1.29, 1.82) is 0 Å². The van der Waals surface area contributed by atoms with Gasteiger partial charge in [0.2, 0.25) is 0 Å². The Labute approximate surface area is 80.3 Å². The van der Waals surface area contributed by atoms with Crippen LogP contribution in [-0.4, -0.2) is 20.3 Å². The quantitative estimate of drug-likeness (QED) is 0.737. The minimum absolute atomic E-state index is 0.510. The fourth-order valence-electron chi connectivity index (χ4n) is 1.39. The van der Waals surface area contributed by atoms with Gasteiger partial charge in [0.25, 0.3) is 0 Å². The Bertz CT molecular complexity index is 278. The molecule has 1 fully saturated rings. The SMILES string of the molecule is Cn1ncc(CC2(CBr)CC2)n1. The molecule has 3 nitrogen and oxygen atoms in total. The largest absolute Gasteiger partial charge is 0.188 e. The third-order valence-corrected chi connectivity index (χ3v) is 3.63. The molecule has 0 N–H and O–H groups in total. The number of alkyl halides is 1. The van der Waals surface area contributed by atoms with Crippen LogP contribution in [0.25, 0.3) is 0 Å². The van der Waals surface area contributed by atoms with Gasteiger partial charge in [0.05, 0.1) is 11.9 Å². The summed E-state index contributed by atoms with van der Waals surface area (Å²) in [4.78, 5) is 1.62. The second kappa shape index (κ2) is 2.83. The van der Waals surface area contributed by atoms with Crippen LogP contribution in [0.5, 0.6) is 0 Å². The monoisotopic (exact) mass is 229 g/mol. The van der Waals surface area contributed by atoms with Crippen LogP contribution in [0.15, 0.2) is 6.20 Å². The number of rotatable bonds is 3. The molecule has 1 saturated carbocycles. The lowest BCUT2D eigenvalue weighted by Gasteiger charge is -2.06. The first-order valence-electron chi connectivity index (χ1n) is 4.15. The van der Waals surface area contributed by atoms with Gasteiger partial charge >= 0.3 is 0 Å². The smallest absolute Gasteiger partial charge is 0.0832 e. The zero-order chi connectivity index (χ0) is 8.60. The Morgan fingerprint density at radius 3 is 2.83 bits per heavy atom. The Hall–Kier alpha value is -0.380. The van der Waals surface area contributed by atoms with Crippen LogP contribution in [0.2, 0.25) is 0 Å². The molecule has 1 heterocycles. The van der Waals surface area contributed by atoms with E-state index in [1.807, 2.05) is 13.2 Å². The molecule has 4 heteroatoms. The van der Waals surface area contributed by atoms with Gasteiger partial charge in [-0.2, -0.15) is 15.0 Å². The molecule has 0 spiro atoms. The molecule has 0 aliphatic heterocycles. The van der Waals surface area contributed by atoms with Gasteiger partial charge < -0.3 is 0 Å². The third kappa shape index (κ3) is 1.53. The molecule has 0 bridgehead atoms. The summed E-state index contributed by atoms with van der Waals surface area (Å²) >= 11 is 3.54. The first kappa shape index (κ1) is 8.23. The third-order valence-electron chi connectivity index (χ3n) is 2.44. The predicted molar refractivity (Wildman–Crippen MR) is 50.2 cm³/mol. The summed E-state index contributed by atoms with van der Waals surface area (Å²) in [5.41, 5.74) is 1.63. The number of aryl methyl sites for hydroxylation is 1. The van der Waals surface area contributed by atoms with E-state index in [0.29, 0.717) is 5.41 Å². The summed E-state index contributed by atoms with van der Waals surface area (Å²) in [5, 5.41) is 9.42. The molecule has 1 aliphatic rings. The zero-order valence-electron chi connectivity index (χ0n) is 7.13. The minimum atomic E-state index is 0.510. The topological polar surface area (TPSA) is 30.7 Å². The number of nitrogens with zero attached hydrogens (tertiary/aromatic N) is 3. The second-order valence-electron chi connectivity index (χ2n) is 3.64. The zero-order valence-corrected chi connectivity index (χ0v) is 8.71. The normalized spacial score (nSPS) is 19.5. The first-order chi connectivity index (χ1) is 5.74. The van der Waals surface area contributed by atoms with Crippen LogP contribution in [-0.2, 0) is 13.5 Å². The van der Waals surface area contributed by atoms with Crippen LogP contribution >= 0.6 is 15.9 Å². The van der Waals surface area contributed by atoms with Gasteiger partial charge in [-0.15, -0.1) is 0 Å². The molecule has 0 radical (unpaired) electrons. The van der Waals surface area contributed by atoms with Crippen LogP contribution in [0.4, 0.5) is 0 Å². The van der Waals surface area contributed by atoms with E-state index in [4.69, 9.17) is 0 Å². The fraction of sp³-hybridized carbons (Fsp3) is 0.750. The number of hydrogen-bond acceptors (Lipinski definition) is 2. The highest BCUT2D eigenvalue weighted by atomic mass is 79.9. The molecular weight excluding hydrogens is 218 g/mol. The van der Waals surface area contributed by atoms with Crippen molar-refractivity contribution in [3.63, 3.8) is 0 Å². The molecule has 0 saturated heterocycles. The van der Waals surface area contributed by atoms with Gasteiger partial charge in [0.15, 0.2) is 0 Å². The summed E-state index contributed by atoms with van der Waals surface area (Å²) in [6.45, 7) is 0. The van der Waals surface area contributed by atoms with E-state index in [1.54, 1.807) is 4.80 Å². The van der Waals surface area contributed by atoms with Crippen LogP contribution in [0.3, 0.4) is 0 Å². The second-order valence-corrected chi connectivity index (χ2v) is 4.20. The maximum Gasteiger partial charge on any atom is 0.0832 e. The predicted octanol–water partition coefficient (Wildman–Crippen LogP) is 1.53. The maximum absolute atomic E-state index is 4.27. The molecule has 1 aromatic rings. The van der Waals surface area contributed by atoms with Gasteiger partial charge in [-0.05, 0) is 24.7 Å². The van der Waals surface area contributed by atoms with E-state index in [0.717, 1.165) is 17.4 Å². The van der Waals surface area contributed by atoms with E-state index in [2.05, 4.69) is 26.1 Å².